The van der Waals surface area contributed by atoms with Crippen molar-refractivity contribution in [1.29, 1.82) is 0 Å². The Morgan fingerprint density at radius 1 is 1.18 bits per heavy atom. The van der Waals surface area contributed by atoms with Gasteiger partial charge in [0.05, 0.1) is 30.0 Å². The number of aromatic nitrogens is 1. The van der Waals surface area contributed by atoms with E-state index in [4.69, 9.17) is 14.5 Å². The number of benzene rings is 2. The molecule has 4 rings (SSSR count). The number of nitrogens with zero attached hydrogens (tertiary/aromatic N) is 3. The first-order valence-electron chi connectivity index (χ1n) is 11.8. The monoisotopic (exact) mass is 467 g/mol. The molecule has 0 aliphatic carbocycles. The van der Waals surface area contributed by atoms with E-state index in [2.05, 4.69) is 37.8 Å². The molecule has 0 saturated carbocycles. The van der Waals surface area contributed by atoms with Gasteiger partial charge < -0.3 is 9.47 Å². The summed E-state index contributed by atoms with van der Waals surface area (Å²) in [7, 11) is 0. The van der Waals surface area contributed by atoms with Gasteiger partial charge in [0.2, 0.25) is 0 Å². The molecule has 1 amide bonds. The summed E-state index contributed by atoms with van der Waals surface area (Å²) in [5.74, 6) is 0.690. The van der Waals surface area contributed by atoms with Crippen molar-refractivity contribution in [1.82, 2.24) is 9.88 Å². The van der Waals surface area contributed by atoms with E-state index in [-0.39, 0.29) is 5.91 Å². The van der Waals surface area contributed by atoms with Gasteiger partial charge in [0.1, 0.15) is 5.75 Å². The molecule has 0 bridgehead atoms. The van der Waals surface area contributed by atoms with Crippen molar-refractivity contribution in [2.75, 3.05) is 50.9 Å². The van der Waals surface area contributed by atoms with Gasteiger partial charge in [-0.1, -0.05) is 30.7 Å². The second kappa shape index (κ2) is 11.1. The lowest BCUT2D eigenvalue weighted by Gasteiger charge is -2.29. The molecule has 7 heteroatoms. The number of aryl methyl sites for hydroxylation is 2. The minimum absolute atomic E-state index is 0.0447. The van der Waals surface area contributed by atoms with Crippen LogP contribution in [0.25, 0.3) is 10.2 Å². The molecule has 0 atom stereocenters. The summed E-state index contributed by atoms with van der Waals surface area (Å²) in [6.07, 6.45) is 2.07. The van der Waals surface area contributed by atoms with Gasteiger partial charge in [0.25, 0.3) is 5.91 Å². The molecule has 1 aliphatic rings. The number of hydrogen-bond donors (Lipinski definition) is 0. The number of rotatable bonds is 9. The normalized spacial score (nSPS) is 14.5. The third-order valence-electron chi connectivity index (χ3n) is 6.06. The maximum Gasteiger partial charge on any atom is 0.260 e. The van der Waals surface area contributed by atoms with Gasteiger partial charge in [0, 0.05) is 31.7 Å². The molecule has 33 heavy (non-hydrogen) atoms. The van der Waals surface area contributed by atoms with Crippen LogP contribution in [0.5, 0.6) is 5.75 Å². The molecular weight excluding hydrogens is 434 g/mol. The summed E-state index contributed by atoms with van der Waals surface area (Å²) in [5, 5.41) is 0.741. The predicted octanol–water partition coefficient (Wildman–Crippen LogP) is 5.07. The summed E-state index contributed by atoms with van der Waals surface area (Å²) >= 11 is 1.58. The summed E-state index contributed by atoms with van der Waals surface area (Å²) in [5.41, 5.74) is 4.01. The Bertz CT molecular complexity index is 1050. The van der Waals surface area contributed by atoms with Crippen LogP contribution in [-0.4, -0.2) is 61.8 Å². The third kappa shape index (κ3) is 5.91. The molecule has 1 fully saturated rings. The Kier molecular flexibility index (Phi) is 7.96. The van der Waals surface area contributed by atoms with Gasteiger partial charge in [-0.05, 0) is 61.7 Å². The second-order valence-electron chi connectivity index (χ2n) is 8.54. The van der Waals surface area contributed by atoms with Crippen molar-refractivity contribution >= 4 is 32.6 Å². The molecule has 1 aliphatic heterocycles. The van der Waals surface area contributed by atoms with Crippen LogP contribution in [0.4, 0.5) is 5.13 Å². The number of amides is 1. The van der Waals surface area contributed by atoms with Gasteiger partial charge in [-0.15, -0.1) is 0 Å². The van der Waals surface area contributed by atoms with Crippen molar-refractivity contribution in [2.24, 2.45) is 0 Å². The molecule has 1 aromatic heterocycles. The lowest BCUT2D eigenvalue weighted by atomic mass is 10.1. The quantitative estimate of drug-likeness (QED) is 0.411. The van der Waals surface area contributed by atoms with Crippen molar-refractivity contribution in [3.05, 3.63) is 53.1 Å². The topological polar surface area (TPSA) is 54.9 Å². The summed E-state index contributed by atoms with van der Waals surface area (Å²) in [4.78, 5) is 22.7. The minimum Gasteiger partial charge on any atom is -0.494 e. The Morgan fingerprint density at radius 2 is 1.97 bits per heavy atom. The van der Waals surface area contributed by atoms with Crippen molar-refractivity contribution < 1.29 is 14.3 Å². The number of hydrogen-bond acceptors (Lipinski definition) is 6. The number of anilines is 1. The number of ether oxygens (including phenoxy) is 2. The molecule has 6 nitrogen and oxygen atoms in total. The highest BCUT2D eigenvalue weighted by Crippen LogP contribution is 2.32. The van der Waals surface area contributed by atoms with E-state index in [1.165, 1.54) is 11.1 Å². The smallest absolute Gasteiger partial charge is 0.260 e. The zero-order valence-electron chi connectivity index (χ0n) is 19.8. The Labute approximate surface area is 200 Å². The zero-order chi connectivity index (χ0) is 23.2. The highest BCUT2D eigenvalue weighted by Gasteiger charge is 2.23. The molecule has 0 radical (unpaired) electrons. The first kappa shape index (κ1) is 23.7. The molecule has 1 saturated heterocycles. The van der Waals surface area contributed by atoms with E-state index in [1.807, 2.05) is 29.2 Å². The second-order valence-corrected chi connectivity index (χ2v) is 9.55. The largest absolute Gasteiger partial charge is 0.494 e. The Hall–Kier alpha value is -2.48. The van der Waals surface area contributed by atoms with E-state index in [0.29, 0.717) is 18.7 Å². The number of carbonyl (C=O) groups excluding carboxylic acids is 1. The molecule has 2 aromatic carbocycles. The highest BCUT2D eigenvalue weighted by atomic mass is 32.1. The van der Waals surface area contributed by atoms with Crippen LogP contribution in [0, 0.1) is 13.8 Å². The van der Waals surface area contributed by atoms with Gasteiger partial charge in [-0.3, -0.25) is 14.6 Å². The number of fused-ring (bicyclic) bond motifs is 1. The van der Waals surface area contributed by atoms with Crippen LogP contribution in [0.1, 0.15) is 41.3 Å². The lowest BCUT2D eigenvalue weighted by Crippen LogP contribution is -2.43. The fraction of sp³-hybridized carbons (Fsp3) is 0.462. The van der Waals surface area contributed by atoms with E-state index in [0.717, 1.165) is 66.8 Å². The van der Waals surface area contributed by atoms with E-state index in [9.17, 15) is 4.79 Å². The third-order valence-corrected chi connectivity index (χ3v) is 7.10. The number of morpholine rings is 1. The molecule has 0 N–H and O–H groups in total. The van der Waals surface area contributed by atoms with E-state index >= 15 is 0 Å². The Morgan fingerprint density at radius 3 is 2.76 bits per heavy atom. The van der Waals surface area contributed by atoms with Crippen LogP contribution in [0.3, 0.4) is 0 Å². The van der Waals surface area contributed by atoms with Crippen molar-refractivity contribution in [3.63, 3.8) is 0 Å². The summed E-state index contributed by atoms with van der Waals surface area (Å²) in [6, 6.07) is 11.8. The average Bonchev–Trinajstić information content (AvgIpc) is 3.22. The van der Waals surface area contributed by atoms with Crippen LogP contribution >= 0.6 is 11.3 Å². The standard InChI is InChI=1S/C26H33N3O3S/c1-4-5-13-32-22-8-6-7-21(18-22)25(30)29(10-9-28-11-14-31-15-12-28)26-27-23-16-19(2)20(3)17-24(23)33-26/h6-8,16-18H,4-5,9-15H2,1-3H3. The van der Waals surface area contributed by atoms with Crippen LogP contribution < -0.4 is 9.64 Å². The van der Waals surface area contributed by atoms with Gasteiger partial charge >= 0.3 is 0 Å². The molecule has 176 valence electrons. The summed E-state index contributed by atoms with van der Waals surface area (Å²) < 4.78 is 12.4. The first-order chi connectivity index (χ1) is 16.0. The Balaban J connectivity index is 1.60. The summed E-state index contributed by atoms with van der Waals surface area (Å²) in [6.45, 7) is 11.6. The number of thiazole rings is 1. The predicted molar refractivity (Wildman–Crippen MR) is 135 cm³/mol. The maximum absolute atomic E-state index is 13.7. The molecule has 0 unspecified atom stereocenters. The van der Waals surface area contributed by atoms with E-state index < -0.39 is 0 Å². The maximum atomic E-state index is 13.7. The number of unbranched alkanes of at least 4 members (excludes halogenated alkanes) is 1. The van der Waals surface area contributed by atoms with Crippen LogP contribution in [0.2, 0.25) is 0 Å². The number of carbonyl (C=O) groups is 1. The minimum atomic E-state index is -0.0447. The molecular formula is C26H33N3O3S. The fourth-order valence-electron chi connectivity index (χ4n) is 3.84. The van der Waals surface area contributed by atoms with Crippen molar-refractivity contribution in [2.45, 2.75) is 33.6 Å². The van der Waals surface area contributed by atoms with Crippen LogP contribution in [-0.2, 0) is 4.74 Å². The van der Waals surface area contributed by atoms with Gasteiger partial charge in [-0.2, -0.15) is 0 Å². The van der Waals surface area contributed by atoms with Crippen LogP contribution in [0.15, 0.2) is 36.4 Å². The fourth-order valence-corrected chi connectivity index (χ4v) is 4.91. The zero-order valence-corrected chi connectivity index (χ0v) is 20.6. The first-order valence-corrected chi connectivity index (χ1v) is 12.6. The molecule has 2 heterocycles. The molecule has 0 spiro atoms. The lowest BCUT2D eigenvalue weighted by molar-refractivity contribution is 0.0391. The highest BCUT2D eigenvalue weighted by molar-refractivity contribution is 7.22. The average molecular weight is 468 g/mol. The van der Waals surface area contributed by atoms with E-state index in [1.54, 1.807) is 11.3 Å². The van der Waals surface area contributed by atoms with Gasteiger partial charge in [-0.25, -0.2) is 4.98 Å². The van der Waals surface area contributed by atoms with Crippen molar-refractivity contribution in [3.8, 4) is 5.75 Å². The SMILES string of the molecule is CCCCOc1cccc(C(=O)N(CCN2CCOCC2)c2nc3cc(C)c(C)cc3s2)c1. The molecule has 3 aromatic rings. The van der Waals surface area contributed by atoms with Gasteiger partial charge in [0.15, 0.2) is 5.13 Å².